The Morgan fingerprint density at radius 2 is 1.15 bits per heavy atom. The third-order valence-corrected chi connectivity index (χ3v) is 6.36. The molecule has 4 rings (SSSR count). The highest BCUT2D eigenvalue weighted by Gasteiger charge is 2.53. The number of unbranched alkanes of at least 4 members (excludes halogenated alkanes) is 1. The lowest BCUT2D eigenvalue weighted by atomic mass is 9.97. The Hall–Kier alpha value is -4.31. The van der Waals surface area contributed by atoms with Gasteiger partial charge in [-0.25, -0.2) is 14.4 Å². The number of carbonyl (C=O) groups excluding carboxylic acids is 3. The first-order valence-electron chi connectivity index (χ1n) is 13.3. The van der Waals surface area contributed by atoms with E-state index in [0.717, 1.165) is 0 Å². The molecule has 0 amide bonds. The molecule has 0 bridgehead atoms. The molecule has 1 heterocycles. The Kier molecular flexibility index (Phi) is 10.8. The highest BCUT2D eigenvalue weighted by molar-refractivity contribution is 5.91. The summed E-state index contributed by atoms with van der Waals surface area (Å²) >= 11 is 0. The SMILES string of the molecule is C=CCCCOC1O[C@H](CO)[C@@H](OC(=O)c2ccccc2)[C@H](OC(=O)c2ccccc2)[C@@H]1OC(=O)c1ccccc1. The molecule has 3 aromatic carbocycles. The largest absolute Gasteiger partial charge is 0.452 e. The molecule has 0 aliphatic carbocycles. The number of aliphatic hydroxyl groups excluding tert-OH is 1. The second-order valence-corrected chi connectivity index (χ2v) is 9.24. The molecule has 1 aliphatic heterocycles. The number of rotatable bonds is 12. The number of benzene rings is 3. The van der Waals surface area contributed by atoms with Gasteiger partial charge in [-0.05, 0) is 49.2 Å². The minimum atomic E-state index is -1.39. The number of hydrogen-bond donors (Lipinski definition) is 1. The minimum absolute atomic E-state index is 0.196. The van der Waals surface area contributed by atoms with E-state index in [2.05, 4.69) is 6.58 Å². The molecule has 0 saturated carbocycles. The number of esters is 3. The number of allylic oxidation sites excluding steroid dienone is 1. The van der Waals surface area contributed by atoms with Gasteiger partial charge < -0.3 is 28.8 Å². The fraction of sp³-hybridized carbons (Fsp3) is 0.281. The Morgan fingerprint density at radius 3 is 1.59 bits per heavy atom. The zero-order chi connectivity index (χ0) is 29.0. The van der Waals surface area contributed by atoms with Gasteiger partial charge in [0.1, 0.15) is 6.10 Å². The normalized spacial score (nSPS) is 21.8. The van der Waals surface area contributed by atoms with Crippen LogP contribution in [0.15, 0.2) is 104 Å². The molecule has 5 atom stereocenters. The zero-order valence-corrected chi connectivity index (χ0v) is 22.4. The molecule has 1 unspecified atom stereocenters. The molecule has 0 spiro atoms. The Balaban J connectivity index is 1.70. The van der Waals surface area contributed by atoms with Crippen LogP contribution < -0.4 is 0 Å². The molecule has 214 valence electrons. The standard InChI is InChI=1S/C32H32O9/c1-2-3-13-20-37-32-28(41-31(36)24-18-11-6-12-19-24)27(40-30(35)23-16-9-5-10-17-23)26(25(21-33)38-32)39-29(34)22-14-7-4-8-15-22/h2,4-12,14-19,25-28,32-33H,1,3,13,20-21H2/t25-,26-,27+,28+,32?/m1/s1. The number of carbonyl (C=O) groups is 3. The predicted molar refractivity (Wildman–Crippen MR) is 148 cm³/mol. The molecule has 1 fully saturated rings. The third-order valence-electron chi connectivity index (χ3n) is 6.36. The topological polar surface area (TPSA) is 118 Å². The molecule has 9 nitrogen and oxygen atoms in total. The summed E-state index contributed by atoms with van der Waals surface area (Å²) in [5, 5.41) is 10.3. The van der Waals surface area contributed by atoms with Crippen LogP contribution >= 0.6 is 0 Å². The summed E-state index contributed by atoms with van der Waals surface area (Å²) in [6.07, 6.45) is -3.51. The van der Waals surface area contributed by atoms with Crippen molar-refractivity contribution < 1.29 is 43.2 Å². The lowest BCUT2D eigenvalue weighted by molar-refractivity contribution is -0.298. The van der Waals surface area contributed by atoms with E-state index in [1.54, 1.807) is 97.1 Å². The van der Waals surface area contributed by atoms with Gasteiger partial charge in [0.25, 0.3) is 0 Å². The van der Waals surface area contributed by atoms with Crippen LogP contribution in [0.2, 0.25) is 0 Å². The van der Waals surface area contributed by atoms with Crippen LogP contribution in [0, 0.1) is 0 Å². The first-order chi connectivity index (χ1) is 20.0. The molecule has 41 heavy (non-hydrogen) atoms. The van der Waals surface area contributed by atoms with Crippen LogP contribution in [0.25, 0.3) is 0 Å². The molecule has 0 aromatic heterocycles. The van der Waals surface area contributed by atoms with Crippen molar-refractivity contribution in [1.82, 2.24) is 0 Å². The Morgan fingerprint density at radius 1 is 0.707 bits per heavy atom. The molecule has 1 saturated heterocycles. The molecular formula is C32H32O9. The molecular weight excluding hydrogens is 528 g/mol. The zero-order valence-electron chi connectivity index (χ0n) is 22.4. The molecule has 3 aromatic rings. The second-order valence-electron chi connectivity index (χ2n) is 9.24. The summed E-state index contributed by atoms with van der Waals surface area (Å²) in [7, 11) is 0. The van der Waals surface area contributed by atoms with Crippen LogP contribution in [-0.2, 0) is 23.7 Å². The van der Waals surface area contributed by atoms with Crippen LogP contribution in [0.5, 0.6) is 0 Å². The van der Waals surface area contributed by atoms with Gasteiger partial charge in [0.15, 0.2) is 24.6 Å². The van der Waals surface area contributed by atoms with Gasteiger partial charge in [-0.1, -0.05) is 60.7 Å². The maximum Gasteiger partial charge on any atom is 0.338 e. The van der Waals surface area contributed by atoms with Crippen LogP contribution in [0.3, 0.4) is 0 Å². The van der Waals surface area contributed by atoms with Gasteiger partial charge >= 0.3 is 17.9 Å². The Labute approximate surface area is 238 Å². The summed E-state index contributed by atoms with van der Waals surface area (Å²) in [6.45, 7) is 3.30. The minimum Gasteiger partial charge on any atom is -0.452 e. The number of aliphatic hydroxyl groups is 1. The molecule has 1 aliphatic rings. The number of hydrogen-bond acceptors (Lipinski definition) is 9. The van der Waals surface area contributed by atoms with Crippen LogP contribution in [0.1, 0.15) is 43.9 Å². The monoisotopic (exact) mass is 560 g/mol. The first-order valence-corrected chi connectivity index (χ1v) is 13.3. The van der Waals surface area contributed by atoms with Crippen LogP contribution in [0.4, 0.5) is 0 Å². The maximum atomic E-state index is 13.3. The van der Waals surface area contributed by atoms with Crippen molar-refractivity contribution in [3.8, 4) is 0 Å². The second kappa shape index (κ2) is 14.9. The van der Waals surface area contributed by atoms with E-state index in [9.17, 15) is 19.5 Å². The summed E-state index contributed by atoms with van der Waals surface area (Å²) in [5.74, 6) is -2.21. The van der Waals surface area contributed by atoms with Crippen molar-refractivity contribution in [2.75, 3.05) is 13.2 Å². The first kappa shape index (κ1) is 29.7. The summed E-state index contributed by atoms with van der Waals surface area (Å²) in [5.41, 5.74) is 0.704. The van der Waals surface area contributed by atoms with Gasteiger partial charge in [-0.15, -0.1) is 6.58 Å². The van der Waals surface area contributed by atoms with Crippen LogP contribution in [-0.4, -0.2) is 66.9 Å². The van der Waals surface area contributed by atoms with Gasteiger partial charge in [0.2, 0.25) is 0 Å². The van der Waals surface area contributed by atoms with Crippen molar-refractivity contribution in [1.29, 1.82) is 0 Å². The quantitative estimate of drug-likeness (QED) is 0.149. The van der Waals surface area contributed by atoms with Gasteiger partial charge in [-0.3, -0.25) is 0 Å². The fourth-order valence-corrected chi connectivity index (χ4v) is 4.29. The van der Waals surface area contributed by atoms with E-state index < -0.39 is 55.2 Å². The van der Waals surface area contributed by atoms with E-state index in [-0.39, 0.29) is 23.3 Å². The average molecular weight is 561 g/mol. The summed E-state index contributed by atoms with van der Waals surface area (Å²) in [6, 6.07) is 24.6. The van der Waals surface area contributed by atoms with E-state index >= 15 is 0 Å². The highest BCUT2D eigenvalue weighted by Crippen LogP contribution is 2.31. The van der Waals surface area contributed by atoms with Crippen molar-refractivity contribution in [2.45, 2.75) is 43.5 Å². The molecule has 9 heteroatoms. The average Bonchev–Trinajstić information content (AvgIpc) is 3.02. The Bertz CT molecular complexity index is 1280. The van der Waals surface area contributed by atoms with Crippen molar-refractivity contribution in [3.05, 3.63) is 120 Å². The van der Waals surface area contributed by atoms with Crippen molar-refractivity contribution in [2.24, 2.45) is 0 Å². The van der Waals surface area contributed by atoms with Gasteiger partial charge in [0.05, 0.1) is 29.9 Å². The lowest BCUT2D eigenvalue weighted by Crippen LogP contribution is -2.63. The van der Waals surface area contributed by atoms with Gasteiger partial charge in [0, 0.05) is 0 Å². The summed E-state index contributed by atoms with van der Waals surface area (Å²) < 4.78 is 29.4. The van der Waals surface area contributed by atoms with E-state index in [1.165, 1.54) is 0 Å². The lowest BCUT2D eigenvalue weighted by Gasteiger charge is -2.44. The van der Waals surface area contributed by atoms with Crippen molar-refractivity contribution in [3.63, 3.8) is 0 Å². The third kappa shape index (κ3) is 7.88. The maximum absolute atomic E-state index is 13.3. The molecule has 0 radical (unpaired) electrons. The number of ether oxygens (including phenoxy) is 5. The highest BCUT2D eigenvalue weighted by atomic mass is 16.7. The molecule has 1 N–H and O–H groups in total. The van der Waals surface area contributed by atoms with Gasteiger partial charge in [-0.2, -0.15) is 0 Å². The van der Waals surface area contributed by atoms with Crippen molar-refractivity contribution >= 4 is 17.9 Å². The van der Waals surface area contributed by atoms with E-state index in [1.807, 2.05) is 0 Å². The smallest absolute Gasteiger partial charge is 0.338 e. The fourth-order valence-electron chi connectivity index (χ4n) is 4.29. The summed E-state index contributed by atoms with van der Waals surface area (Å²) in [4.78, 5) is 39.6. The predicted octanol–water partition coefficient (Wildman–Crippen LogP) is 4.36. The van der Waals surface area contributed by atoms with E-state index in [4.69, 9.17) is 23.7 Å². The van der Waals surface area contributed by atoms with E-state index in [0.29, 0.717) is 12.8 Å².